The Bertz CT molecular complexity index is 393. The van der Waals surface area contributed by atoms with Crippen molar-refractivity contribution in [3.05, 3.63) is 0 Å². The number of hydrogen-bond acceptors (Lipinski definition) is 14. The predicted molar refractivity (Wildman–Crippen MR) is 92.7 cm³/mol. The van der Waals surface area contributed by atoms with Crippen LogP contribution in [0.4, 0.5) is 0 Å². The number of rotatable bonds is 10. The van der Waals surface area contributed by atoms with Crippen LogP contribution >= 0.6 is 0 Å². The van der Waals surface area contributed by atoms with Gasteiger partial charge in [0, 0.05) is 10.2 Å². The van der Waals surface area contributed by atoms with Crippen LogP contribution in [0.2, 0.25) is 0 Å². The molecule has 15 heteroatoms. The fourth-order valence-corrected chi connectivity index (χ4v) is 1.60. The summed E-state index contributed by atoms with van der Waals surface area (Å²) in [6.45, 7) is -1.59. The Balaban J connectivity index is -0.000000411. The van der Waals surface area contributed by atoms with Crippen LogP contribution in [-0.2, 0) is 34.8 Å². The standard InChI is InChI=1S/2C6H12O6S.Mg/c2*7-1-2(8)3(9)4(10)5(11)6(12)13;/h2*2-5,7-11H,1H2,(H,12,13);/q;;+2/p-2/t2*2-,3-,4+,5-;/m11./s1. The van der Waals surface area contributed by atoms with Gasteiger partial charge >= 0.3 is 23.1 Å². The van der Waals surface area contributed by atoms with E-state index in [1.165, 1.54) is 0 Å². The molecule has 12 nitrogen and oxygen atoms in total. The van der Waals surface area contributed by atoms with Crippen molar-refractivity contribution in [3.8, 4) is 0 Å². The summed E-state index contributed by atoms with van der Waals surface area (Å²) in [5.74, 6) is 0. The number of carbonyl (C=O) groups excluding carboxylic acids is 2. The summed E-state index contributed by atoms with van der Waals surface area (Å²) in [6, 6.07) is 0. The molecule has 0 aromatic heterocycles. The SMILES string of the molecule is O=C([S-])[C@H](O)[C@@H](O)[C@H](O)[C@H](O)CO.O=C([S-])[C@H](O)[C@@H](O)[C@H](O)[C@H](O)CO.[Mg+2]. The summed E-state index contributed by atoms with van der Waals surface area (Å²) >= 11 is 8.03. The molecule has 0 saturated carbocycles. The monoisotopic (exact) mass is 446 g/mol. The van der Waals surface area contributed by atoms with Crippen molar-refractivity contribution in [1.82, 2.24) is 0 Å². The Hall–Kier alpha value is 0.146. The van der Waals surface area contributed by atoms with E-state index in [9.17, 15) is 9.59 Å². The molecule has 27 heavy (non-hydrogen) atoms. The van der Waals surface area contributed by atoms with E-state index in [-0.39, 0.29) is 23.1 Å². The van der Waals surface area contributed by atoms with Crippen molar-refractivity contribution in [2.45, 2.75) is 48.8 Å². The zero-order valence-corrected chi connectivity index (χ0v) is 16.9. The van der Waals surface area contributed by atoms with Gasteiger partial charge in [0.1, 0.15) is 48.8 Å². The normalized spacial score (nSPS) is 19.6. The number of aliphatic hydroxyl groups is 10. The molecule has 0 unspecified atom stereocenters. The molecule has 0 fully saturated rings. The van der Waals surface area contributed by atoms with Crippen molar-refractivity contribution in [2.75, 3.05) is 13.2 Å². The molecule has 0 rings (SSSR count). The van der Waals surface area contributed by atoms with Gasteiger partial charge in [-0.25, -0.2) is 0 Å². The van der Waals surface area contributed by atoms with E-state index in [0.29, 0.717) is 0 Å². The fourth-order valence-electron chi connectivity index (χ4n) is 1.32. The van der Waals surface area contributed by atoms with Gasteiger partial charge in [0.25, 0.3) is 0 Å². The number of carbonyl (C=O) groups is 2. The minimum atomic E-state index is -1.94. The quantitative estimate of drug-likeness (QED) is 0.111. The van der Waals surface area contributed by atoms with E-state index in [1.807, 2.05) is 0 Å². The first-order valence-corrected chi connectivity index (χ1v) is 7.72. The van der Waals surface area contributed by atoms with Crippen LogP contribution in [0.3, 0.4) is 0 Å². The van der Waals surface area contributed by atoms with Crippen molar-refractivity contribution >= 4 is 58.5 Å². The second-order valence-corrected chi connectivity index (χ2v) is 5.79. The minimum absolute atomic E-state index is 0. The number of aliphatic hydroxyl groups excluding tert-OH is 10. The van der Waals surface area contributed by atoms with Crippen molar-refractivity contribution in [3.63, 3.8) is 0 Å². The third-order valence-corrected chi connectivity index (χ3v) is 3.48. The summed E-state index contributed by atoms with van der Waals surface area (Å²) in [7, 11) is 0. The van der Waals surface area contributed by atoms with Gasteiger partial charge in [0.2, 0.25) is 0 Å². The van der Waals surface area contributed by atoms with Gasteiger partial charge in [0.05, 0.1) is 13.2 Å². The summed E-state index contributed by atoms with van der Waals surface area (Å²) in [5.41, 5.74) is 0. The van der Waals surface area contributed by atoms with Crippen LogP contribution in [0.5, 0.6) is 0 Å². The van der Waals surface area contributed by atoms with Crippen molar-refractivity contribution in [2.24, 2.45) is 0 Å². The molecule has 0 spiro atoms. The Kier molecular flexibility index (Phi) is 18.9. The van der Waals surface area contributed by atoms with E-state index in [1.54, 1.807) is 0 Å². The van der Waals surface area contributed by atoms with Crippen molar-refractivity contribution < 1.29 is 60.7 Å². The molecule has 0 aliphatic heterocycles. The molecule has 0 radical (unpaired) electrons. The van der Waals surface area contributed by atoms with E-state index >= 15 is 0 Å². The van der Waals surface area contributed by atoms with Crippen LogP contribution in [0.1, 0.15) is 0 Å². The maximum atomic E-state index is 10.4. The molecule has 0 aromatic rings. The molecule has 0 amide bonds. The Labute approximate surface area is 181 Å². The van der Waals surface area contributed by atoms with Gasteiger partial charge in [-0.15, -0.1) is 0 Å². The molecule has 0 heterocycles. The van der Waals surface area contributed by atoms with E-state index in [4.69, 9.17) is 51.1 Å². The smallest absolute Gasteiger partial charge is 0.739 e. The molecule has 0 aliphatic rings. The van der Waals surface area contributed by atoms with Crippen molar-refractivity contribution in [1.29, 1.82) is 0 Å². The van der Waals surface area contributed by atoms with Gasteiger partial charge < -0.3 is 85.9 Å². The first-order chi connectivity index (χ1) is 11.8. The largest absolute Gasteiger partial charge is 2.00 e. The van der Waals surface area contributed by atoms with Gasteiger partial charge in [0.15, 0.2) is 0 Å². The fraction of sp³-hybridized carbons (Fsp3) is 0.833. The molecule has 0 bridgehead atoms. The Morgan fingerprint density at radius 3 is 0.963 bits per heavy atom. The van der Waals surface area contributed by atoms with Crippen LogP contribution in [-0.4, -0.2) is 146 Å². The minimum Gasteiger partial charge on any atom is -0.739 e. The molecule has 10 N–H and O–H groups in total. The van der Waals surface area contributed by atoms with E-state index in [0.717, 1.165) is 0 Å². The van der Waals surface area contributed by atoms with Crippen LogP contribution in [0, 0.1) is 0 Å². The average Bonchev–Trinajstić information content (AvgIpc) is 2.62. The van der Waals surface area contributed by atoms with Crippen LogP contribution in [0.25, 0.3) is 0 Å². The second kappa shape index (κ2) is 16.0. The van der Waals surface area contributed by atoms with E-state index < -0.39 is 72.3 Å². The predicted octanol–water partition coefficient (Wildman–Crippen LogP) is -7.39. The van der Waals surface area contributed by atoms with E-state index in [2.05, 4.69) is 25.3 Å². The first kappa shape index (κ1) is 31.8. The molecule has 0 aliphatic carbocycles. The molecule has 0 aromatic carbocycles. The zero-order valence-electron chi connectivity index (χ0n) is 13.8. The van der Waals surface area contributed by atoms with Gasteiger partial charge in [-0.2, -0.15) is 0 Å². The Morgan fingerprint density at radius 2 is 0.815 bits per heavy atom. The van der Waals surface area contributed by atoms with Gasteiger partial charge in [-0.1, -0.05) is 0 Å². The molecular weight excluding hydrogens is 425 g/mol. The van der Waals surface area contributed by atoms with Gasteiger partial charge in [-0.3, -0.25) is 0 Å². The summed E-state index contributed by atoms with van der Waals surface area (Å²) in [6.07, 6.45) is -14.5. The first-order valence-electron chi connectivity index (χ1n) is 6.91. The van der Waals surface area contributed by atoms with Gasteiger partial charge in [-0.05, 0) is 0 Å². The number of hydrogen-bond donors (Lipinski definition) is 10. The topological polar surface area (TPSA) is 236 Å². The van der Waals surface area contributed by atoms with Crippen LogP contribution < -0.4 is 0 Å². The zero-order chi connectivity index (χ0) is 21.2. The molecule has 156 valence electrons. The maximum absolute atomic E-state index is 10.4. The summed E-state index contributed by atoms with van der Waals surface area (Å²) in [5, 5.41) is 85.7. The molecular formula is C12H22MgO12S2. The third kappa shape index (κ3) is 11.7. The second-order valence-electron chi connectivity index (χ2n) is 4.99. The molecule has 8 atom stereocenters. The summed E-state index contributed by atoms with van der Waals surface area (Å²) < 4.78 is 0. The average molecular weight is 447 g/mol. The maximum Gasteiger partial charge on any atom is 2.00 e. The molecule has 0 saturated heterocycles. The van der Waals surface area contributed by atoms with Crippen LogP contribution in [0.15, 0.2) is 0 Å². The Morgan fingerprint density at radius 1 is 0.593 bits per heavy atom. The third-order valence-electron chi connectivity index (χ3n) is 2.99. The summed E-state index contributed by atoms with van der Waals surface area (Å²) in [4.78, 5) is 20.7.